The molecule has 0 heterocycles. The van der Waals surface area contributed by atoms with Crippen molar-refractivity contribution >= 4 is 44.8 Å². The number of nitrogens with one attached hydrogen (secondary N) is 1. The highest BCUT2D eigenvalue weighted by atomic mass is 35.5. The number of benzene rings is 3. The molecule has 3 aromatic rings. The highest BCUT2D eigenvalue weighted by molar-refractivity contribution is 7.92. The average Bonchev–Trinajstić information content (AvgIpc) is 2.80. The molecular weight excluding hydrogens is 471 g/mol. The Balaban J connectivity index is 1.67. The standard InChI is InChI=1S/C23H22Cl2N2O4S/c24-21-12-11-19(15-22(21)25)27(32(29,30)20-9-5-2-6-10-20)16-23(28)26-13-14-31-17-18-7-3-1-4-8-18/h1-12,15H,13-14,16-17H2,(H,26,28). The lowest BCUT2D eigenvalue weighted by Crippen LogP contribution is -2.41. The van der Waals surface area contributed by atoms with Gasteiger partial charge in [0.2, 0.25) is 5.91 Å². The van der Waals surface area contributed by atoms with Gasteiger partial charge in [0, 0.05) is 6.54 Å². The fourth-order valence-electron chi connectivity index (χ4n) is 2.89. The van der Waals surface area contributed by atoms with E-state index in [1.807, 2.05) is 30.3 Å². The molecular formula is C23H22Cl2N2O4S. The number of sulfonamides is 1. The largest absolute Gasteiger partial charge is 0.375 e. The zero-order chi connectivity index (χ0) is 23.0. The minimum Gasteiger partial charge on any atom is -0.375 e. The van der Waals surface area contributed by atoms with Crippen molar-refractivity contribution in [2.75, 3.05) is 24.0 Å². The Morgan fingerprint density at radius 1 is 0.906 bits per heavy atom. The Morgan fingerprint density at radius 3 is 2.22 bits per heavy atom. The number of anilines is 1. The molecule has 9 heteroatoms. The Labute approximate surface area is 197 Å². The topological polar surface area (TPSA) is 75.7 Å². The average molecular weight is 493 g/mol. The molecule has 0 unspecified atom stereocenters. The van der Waals surface area contributed by atoms with E-state index in [0.29, 0.717) is 13.2 Å². The third-order valence-corrected chi connectivity index (χ3v) is 7.02. The molecule has 6 nitrogen and oxygen atoms in total. The molecule has 0 aliphatic rings. The number of halogens is 2. The van der Waals surface area contributed by atoms with Gasteiger partial charge in [0.05, 0.1) is 33.8 Å². The molecule has 0 fully saturated rings. The molecule has 0 bridgehead atoms. The molecule has 32 heavy (non-hydrogen) atoms. The van der Waals surface area contributed by atoms with Gasteiger partial charge in [0.1, 0.15) is 6.54 Å². The van der Waals surface area contributed by atoms with Crippen LogP contribution in [-0.2, 0) is 26.2 Å². The van der Waals surface area contributed by atoms with Gasteiger partial charge in [0.15, 0.2) is 0 Å². The van der Waals surface area contributed by atoms with Crippen molar-refractivity contribution in [1.29, 1.82) is 0 Å². The summed E-state index contributed by atoms with van der Waals surface area (Å²) in [6.45, 7) is 0.535. The second-order valence-corrected chi connectivity index (χ2v) is 9.49. The summed E-state index contributed by atoms with van der Waals surface area (Å²) in [5, 5.41) is 3.16. The van der Waals surface area contributed by atoms with Crippen molar-refractivity contribution in [3.8, 4) is 0 Å². The van der Waals surface area contributed by atoms with Gasteiger partial charge >= 0.3 is 0 Å². The van der Waals surface area contributed by atoms with Gasteiger partial charge < -0.3 is 10.1 Å². The van der Waals surface area contributed by atoms with Gasteiger partial charge in [-0.15, -0.1) is 0 Å². The predicted molar refractivity (Wildman–Crippen MR) is 127 cm³/mol. The van der Waals surface area contributed by atoms with Gasteiger partial charge in [-0.05, 0) is 35.9 Å². The highest BCUT2D eigenvalue weighted by Gasteiger charge is 2.27. The van der Waals surface area contributed by atoms with Crippen LogP contribution in [0.1, 0.15) is 5.56 Å². The number of hydrogen-bond acceptors (Lipinski definition) is 4. The maximum absolute atomic E-state index is 13.2. The Kier molecular flexibility index (Phi) is 8.53. The third-order valence-electron chi connectivity index (χ3n) is 4.49. The molecule has 1 N–H and O–H groups in total. The summed E-state index contributed by atoms with van der Waals surface area (Å²) < 4.78 is 33.0. The fraction of sp³-hybridized carbons (Fsp3) is 0.174. The van der Waals surface area contributed by atoms with E-state index in [-0.39, 0.29) is 27.2 Å². The van der Waals surface area contributed by atoms with E-state index in [9.17, 15) is 13.2 Å². The number of carbonyl (C=O) groups excluding carboxylic acids is 1. The van der Waals surface area contributed by atoms with Crippen LogP contribution >= 0.6 is 23.2 Å². The van der Waals surface area contributed by atoms with Crippen LogP contribution in [0.25, 0.3) is 0 Å². The molecule has 0 atom stereocenters. The van der Waals surface area contributed by atoms with Crippen LogP contribution in [0.5, 0.6) is 0 Å². The van der Waals surface area contributed by atoms with E-state index < -0.39 is 22.5 Å². The maximum Gasteiger partial charge on any atom is 0.264 e. The first-order valence-corrected chi connectivity index (χ1v) is 12.0. The summed E-state index contributed by atoms with van der Waals surface area (Å²) in [5.74, 6) is -0.473. The Morgan fingerprint density at radius 2 is 1.56 bits per heavy atom. The van der Waals surface area contributed by atoms with Crippen LogP contribution in [0.15, 0.2) is 83.8 Å². The van der Waals surface area contributed by atoms with Crippen molar-refractivity contribution < 1.29 is 17.9 Å². The second-order valence-electron chi connectivity index (χ2n) is 6.81. The first-order valence-electron chi connectivity index (χ1n) is 9.79. The molecule has 0 spiro atoms. The van der Waals surface area contributed by atoms with Crippen LogP contribution in [-0.4, -0.2) is 34.0 Å². The monoisotopic (exact) mass is 492 g/mol. The molecule has 0 radical (unpaired) electrons. The second kappa shape index (κ2) is 11.3. The fourth-order valence-corrected chi connectivity index (χ4v) is 4.61. The van der Waals surface area contributed by atoms with Gasteiger partial charge in [-0.2, -0.15) is 0 Å². The summed E-state index contributed by atoms with van der Waals surface area (Å²) in [7, 11) is -4.01. The molecule has 0 aromatic heterocycles. The Hall–Kier alpha value is -2.58. The quantitative estimate of drug-likeness (QED) is 0.422. The van der Waals surface area contributed by atoms with Crippen LogP contribution in [0.3, 0.4) is 0 Å². The van der Waals surface area contributed by atoms with E-state index in [0.717, 1.165) is 9.87 Å². The minimum atomic E-state index is -4.01. The van der Waals surface area contributed by atoms with Crippen LogP contribution in [0.4, 0.5) is 5.69 Å². The van der Waals surface area contributed by atoms with E-state index in [1.54, 1.807) is 18.2 Å². The molecule has 3 rings (SSSR count). The van der Waals surface area contributed by atoms with E-state index in [2.05, 4.69) is 5.32 Å². The molecule has 0 aliphatic heterocycles. The molecule has 0 aliphatic carbocycles. The van der Waals surface area contributed by atoms with Gasteiger partial charge in [-0.3, -0.25) is 9.10 Å². The van der Waals surface area contributed by atoms with E-state index in [1.165, 1.54) is 30.3 Å². The third kappa shape index (κ3) is 6.46. The number of amides is 1. The number of carbonyl (C=O) groups is 1. The predicted octanol–water partition coefficient (Wildman–Crippen LogP) is 4.52. The molecule has 168 valence electrons. The smallest absolute Gasteiger partial charge is 0.264 e. The first-order chi connectivity index (χ1) is 15.4. The van der Waals surface area contributed by atoms with Gasteiger partial charge in [-0.25, -0.2) is 8.42 Å². The first kappa shape index (κ1) is 24.1. The molecule has 3 aromatic carbocycles. The summed E-state index contributed by atoms with van der Waals surface area (Å²) in [6, 6.07) is 21.9. The van der Waals surface area contributed by atoms with E-state index in [4.69, 9.17) is 27.9 Å². The SMILES string of the molecule is O=C(CN(c1ccc(Cl)c(Cl)c1)S(=O)(=O)c1ccccc1)NCCOCc1ccccc1. The van der Waals surface area contributed by atoms with Gasteiger partial charge in [0.25, 0.3) is 10.0 Å². The molecule has 0 saturated heterocycles. The summed E-state index contributed by atoms with van der Waals surface area (Å²) in [6.07, 6.45) is 0. The van der Waals surface area contributed by atoms with Crippen LogP contribution < -0.4 is 9.62 Å². The number of ether oxygens (including phenoxy) is 1. The van der Waals surface area contributed by atoms with Crippen molar-refractivity contribution in [1.82, 2.24) is 5.32 Å². The highest BCUT2D eigenvalue weighted by Crippen LogP contribution is 2.30. The number of rotatable bonds is 10. The van der Waals surface area contributed by atoms with Crippen molar-refractivity contribution in [3.05, 3.63) is 94.5 Å². The summed E-state index contributed by atoms with van der Waals surface area (Å²) in [5.41, 5.74) is 1.26. The summed E-state index contributed by atoms with van der Waals surface area (Å²) in [4.78, 5) is 12.6. The van der Waals surface area contributed by atoms with Gasteiger partial charge in [-0.1, -0.05) is 71.7 Å². The zero-order valence-corrected chi connectivity index (χ0v) is 19.4. The lowest BCUT2D eigenvalue weighted by atomic mass is 10.2. The normalized spacial score (nSPS) is 11.2. The maximum atomic E-state index is 13.2. The van der Waals surface area contributed by atoms with Crippen molar-refractivity contribution in [2.24, 2.45) is 0 Å². The van der Waals surface area contributed by atoms with E-state index >= 15 is 0 Å². The molecule has 0 saturated carbocycles. The lowest BCUT2D eigenvalue weighted by molar-refractivity contribution is -0.119. The zero-order valence-electron chi connectivity index (χ0n) is 17.1. The molecule has 1 amide bonds. The minimum absolute atomic E-state index is 0.0602. The number of nitrogens with zero attached hydrogens (tertiary/aromatic N) is 1. The van der Waals surface area contributed by atoms with Crippen LogP contribution in [0, 0.1) is 0 Å². The van der Waals surface area contributed by atoms with Crippen molar-refractivity contribution in [3.63, 3.8) is 0 Å². The van der Waals surface area contributed by atoms with Crippen molar-refractivity contribution in [2.45, 2.75) is 11.5 Å². The van der Waals surface area contributed by atoms with Crippen LogP contribution in [0.2, 0.25) is 10.0 Å². The lowest BCUT2D eigenvalue weighted by Gasteiger charge is -2.24. The Bertz CT molecular complexity index is 1140. The summed E-state index contributed by atoms with van der Waals surface area (Å²) >= 11 is 12.1. The number of hydrogen-bond donors (Lipinski definition) is 1.